The van der Waals surface area contributed by atoms with Gasteiger partial charge in [0.05, 0.1) is 19.7 Å². The molecule has 0 aliphatic heterocycles. The van der Waals surface area contributed by atoms with Gasteiger partial charge in [-0.05, 0) is 16.7 Å². The molecule has 15 heavy (non-hydrogen) atoms. The van der Waals surface area contributed by atoms with E-state index in [1.807, 2.05) is 0 Å². The van der Waals surface area contributed by atoms with Crippen LogP contribution < -0.4 is 10.6 Å². The van der Waals surface area contributed by atoms with Crippen molar-refractivity contribution in [2.75, 3.05) is 0 Å². The van der Waals surface area contributed by atoms with Crippen molar-refractivity contribution in [3.05, 3.63) is 23.8 Å². The van der Waals surface area contributed by atoms with Crippen molar-refractivity contribution in [2.24, 2.45) is 0 Å². The van der Waals surface area contributed by atoms with Gasteiger partial charge in [-0.3, -0.25) is 0 Å². The third-order valence-corrected chi connectivity index (χ3v) is 4.30. The molecule has 0 aliphatic rings. The van der Waals surface area contributed by atoms with E-state index in [1.54, 1.807) is 18.2 Å². The van der Waals surface area contributed by atoms with E-state index < -0.39 is 15.2 Å². The average molecular weight is 219 g/mol. The summed E-state index contributed by atoms with van der Waals surface area (Å²) in [5, 5.41) is 28.3. The van der Waals surface area contributed by atoms with Gasteiger partial charge in [0.1, 0.15) is 0 Å². The fourth-order valence-corrected chi connectivity index (χ4v) is 3.74. The van der Waals surface area contributed by atoms with Crippen molar-refractivity contribution >= 4 is 25.8 Å². The van der Waals surface area contributed by atoms with Crippen LogP contribution in [-0.2, 0) is 0 Å². The minimum Gasteiger partial charge on any atom is -0.423 e. The van der Waals surface area contributed by atoms with Crippen LogP contribution >= 0.6 is 0 Å². The molecule has 0 bridgehead atoms. The second kappa shape index (κ2) is 4.19. The summed E-state index contributed by atoms with van der Waals surface area (Å²) >= 11 is 0. The lowest BCUT2D eigenvalue weighted by molar-refractivity contribution is 0.426. The maximum Gasteiger partial charge on any atom is 0.488 e. The van der Waals surface area contributed by atoms with Crippen LogP contribution in [-0.4, -0.2) is 25.2 Å². The number of rotatable bonds is 2. The first-order chi connectivity index (χ1) is 6.88. The number of hydrogen-bond donors (Lipinski definition) is 2. The Labute approximate surface area is 91.1 Å². The van der Waals surface area contributed by atoms with Crippen molar-refractivity contribution in [3.8, 4) is 6.07 Å². The molecule has 0 saturated heterocycles. The first-order valence-electron chi connectivity index (χ1n) is 4.77. The SMILES string of the molecule is C[Si](C)(C)c1c(C#N)cccc1B(O)O. The summed E-state index contributed by atoms with van der Waals surface area (Å²) in [6, 6.07) is 7.17. The van der Waals surface area contributed by atoms with Crippen LogP contribution in [0.3, 0.4) is 0 Å². The van der Waals surface area contributed by atoms with Gasteiger partial charge in [0.2, 0.25) is 0 Å². The highest BCUT2D eigenvalue weighted by Crippen LogP contribution is 2.05. The Kier molecular flexibility index (Phi) is 3.35. The molecule has 0 spiro atoms. The smallest absolute Gasteiger partial charge is 0.423 e. The molecule has 0 amide bonds. The second-order valence-electron chi connectivity index (χ2n) is 4.51. The zero-order valence-corrected chi connectivity index (χ0v) is 10.2. The van der Waals surface area contributed by atoms with Gasteiger partial charge in [0.25, 0.3) is 0 Å². The number of benzene rings is 1. The van der Waals surface area contributed by atoms with Crippen LogP contribution in [0.2, 0.25) is 19.6 Å². The lowest BCUT2D eigenvalue weighted by atomic mass is 9.79. The Hall–Kier alpha value is -1.09. The molecule has 1 aromatic rings. The first kappa shape index (κ1) is 12.0. The highest BCUT2D eigenvalue weighted by atomic mass is 28.3. The molecule has 0 fully saturated rings. The Bertz CT molecular complexity index is 407. The standard InChI is InChI=1S/C10H14BNO2Si/c1-15(2,3)10-8(7-12)5-4-6-9(10)11(13)14/h4-6,13-14H,1-3H3. The molecule has 2 N–H and O–H groups in total. The van der Waals surface area contributed by atoms with E-state index in [-0.39, 0.29) is 0 Å². The summed E-state index contributed by atoms with van der Waals surface area (Å²) in [5.74, 6) is 0. The maximum atomic E-state index is 9.26. The van der Waals surface area contributed by atoms with Gasteiger partial charge in [-0.25, -0.2) is 0 Å². The highest BCUT2D eigenvalue weighted by Gasteiger charge is 2.28. The zero-order chi connectivity index (χ0) is 11.6. The predicted molar refractivity (Wildman–Crippen MR) is 64.0 cm³/mol. The summed E-state index contributed by atoms with van der Waals surface area (Å²) < 4.78 is 0. The molecule has 0 atom stereocenters. The molecule has 0 unspecified atom stereocenters. The van der Waals surface area contributed by atoms with Crippen LogP contribution in [0.25, 0.3) is 0 Å². The van der Waals surface area contributed by atoms with Gasteiger partial charge in [-0.15, -0.1) is 0 Å². The fourth-order valence-electron chi connectivity index (χ4n) is 1.72. The van der Waals surface area contributed by atoms with Crippen molar-refractivity contribution < 1.29 is 10.0 Å². The molecular formula is C10H14BNO2Si. The second-order valence-corrected chi connectivity index (χ2v) is 9.51. The van der Waals surface area contributed by atoms with Gasteiger partial charge in [0, 0.05) is 0 Å². The summed E-state index contributed by atoms with van der Waals surface area (Å²) in [6.07, 6.45) is 0. The maximum absolute atomic E-state index is 9.26. The van der Waals surface area contributed by atoms with Crippen molar-refractivity contribution in [1.82, 2.24) is 0 Å². The zero-order valence-electron chi connectivity index (χ0n) is 9.15. The summed E-state index contributed by atoms with van der Waals surface area (Å²) in [6.45, 7) is 6.24. The predicted octanol–water partition coefficient (Wildman–Crippen LogP) is -0.217. The van der Waals surface area contributed by atoms with Crippen LogP contribution in [0.4, 0.5) is 0 Å². The Morgan fingerprint density at radius 3 is 2.27 bits per heavy atom. The third-order valence-electron chi connectivity index (χ3n) is 2.25. The molecule has 0 aliphatic carbocycles. The van der Waals surface area contributed by atoms with Gasteiger partial charge in [-0.2, -0.15) is 5.26 Å². The van der Waals surface area contributed by atoms with Gasteiger partial charge in [0.15, 0.2) is 0 Å². The van der Waals surface area contributed by atoms with Crippen LogP contribution in [0, 0.1) is 11.3 Å². The van der Waals surface area contributed by atoms with E-state index in [9.17, 15) is 10.0 Å². The summed E-state index contributed by atoms with van der Waals surface area (Å²) in [5.41, 5.74) is 1.02. The van der Waals surface area contributed by atoms with E-state index in [1.165, 1.54) is 0 Å². The lowest BCUT2D eigenvalue weighted by Gasteiger charge is -2.22. The topological polar surface area (TPSA) is 64.2 Å². The third kappa shape index (κ3) is 2.48. The molecule has 0 heterocycles. The normalized spacial score (nSPS) is 10.9. The molecule has 3 nitrogen and oxygen atoms in total. The van der Waals surface area contributed by atoms with Gasteiger partial charge < -0.3 is 10.0 Å². The molecule has 1 aromatic carbocycles. The quantitative estimate of drug-likeness (QED) is 0.676. The molecule has 0 radical (unpaired) electrons. The fraction of sp³-hybridized carbons (Fsp3) is 0.300. The van der Waals surface area contributed by atoms with E-state index in [4.69, 9.17) is 5.26 Å². The van der Waals surface area contributed by atoms with E-state index in [0.29, 0.717) is 11.0 Å². The molecule has 0 saturated carbocycles. The average Bonchev–Trinajstić information content (AvgIpc) is 2.15. The number of hydrogen-bond acceptors (Lipinski definition) is 3. The molecule has 78 valence electrons. The van der Waals surface area contributed by atoms with E-state index in [0.717, 1.165) is 5.19 Å². The van der Waals surface area contributed by atoms with Crippen molar-refractivity contribution in [3.63, 3.8) is 0 Å². The van der Waals surface area contributed by atoms with Crippen molar-refractivity contribution in [2.45, 2.75) is 19.6 Å². The number of nitrogens with zero attached hydrogens (tertiary/aromatic N) is 1. The Balaban J connectivity index is 3.50. The van der Waals surface area contributed by atoms with Crippen LogP contribution in [0.15, 0.2) is 18.2 Å². The van der Waals surface area contributed by atoms with E-state index >= 15 is 0 Å². The highest BCUT2D eigenvalue weighted by molar-refractivity contribution is 6.92. The van der Waals surface area contributed by atoms with Crippen molar-refractivity contribution in [1.29, 1.82) is 5.26 Å². The lowest BCUT2D eigenvalue weighted by Crippen LogP contribution is -2.54. The van der Waals surface area contributed by atoms with Crippen LogP contribution in [0.5, 0.6) is 0 Å². The number of nitriles is 1. The molecular weight excluding hydrogens is 205 g/mol. The minimum absolute atomic E-state index is 0.466. The first-order valence-corrected chi connectivity index (χ1v) is 8.27. The summed E-state index contributed by atoms with van der Waals surface area (Å²) in [7, 11) is -3.25. The minimum atomic E-state index is -1.75. The Morgan fingerprint density at radius 2 is 1.87 bits per heavy atom. The van der Waals surface area contributed by atoms with Gasteiger partial charge in [-0.1, -0.05) is 31.8 Å². The molecule has 0 aromatic heterocycles. The molecule has 1 rings (SSSR count). The van der Waals surface area contributed by atoms with E-state index in [2.05, 4.69) is 25.7 Å². The Morgan fingerprint density at radius 1 is 1.27 bits per heavy atom. The van der Waals surface area contributed by atoms with Gasteiger partial charge >= 0.3 is 7.12 Å². The largest absolute Gasteiger partial charge is 0.488 e. The molecule has 5 heteroatoms. The van der Waals surface area contributed by atoms with Crippen LogP contribution in [0.1, 0.15) is 5.56 Å². The summed E-state index contributed by atoms with van der Waals surface area (Å²) in [4.78, 5) is 0. The monoisotopic (exact) mass is 219 g/mol.